The van der Waals surface area contributed by atoms with Crippen molar-refractivity contribution < 1.29 is 4.39 Å². The lowest BCUT2D eigenvalue weighted by Gasteiger charge is -2.25. The van der Waals surface area contributed by atoms with Gasteiger partial charge in [0.2, 0.25) is 0 Å². The summed E-state index contributed by atoms with van der Waals surface area (Å²) >= 11 is 7.28. The molecule has 0 aliphatic carbocycles. The summed E-state index contributed by atoms with van der Waals surface area (Å²) in [5.74, 6) is -0.246. The molecule has 28 heavy (non-hydrogen) atoms. The standard InChI is InChI=1S/C22H20FN3S2/c23-19-8-4-7-17(13-19)21-14-20(18-10-12-28-15-18)25-26(21)22(27)24-11-9-16-5-2-1-3-6-16/h1-8,10,12-13,15,21H,9,11,14H2,(H,24,27)/t21-/m1/s1. The monoisotopic (exact) mass is 409 g/mol. The second kappa shape index (κ2) is 8.63. The molecule has 0 bridgehead atoms. The van der Waals surface area contributed by atoms with E-state index in [0.29, 0.717) is 11.5 Å². The van der Waals surface area contributed by atoms with Gasteiger partial charge in [0.25, 0.3) is 0 Å². The van der Waals surface area contributed by atoms with Gasteiger partial charge in [-0.2, -0.15) is 16.4 Å². The highest BCUT2D eigenvalue weighted by Crippen LogP contribution is 2.33. The Bertz CT molecular complexity index is 970. The molecular weight excluding hydrogens is 389 g/mol. The predicted molar refractivity (Wildman–Crippen MR) is 117 cm³/mol. The van der Waals surface area contributed by atoms with Crippen LogP contribution < -0.4 is 5.32 Å². The van der Waals surface area contributed by atoms with Crippen LogP contribution in [-0.4, -0.2) is 22.4 Å². The van der Waals surface area contributed by atoms with Crippen molar-refractivity contribution in [3.8, 4) is 0 Å². The number of halogens is 1. The Morgan fingerprint density at radius 1 is 1.18 bits per heavy atom. The first-order valence-electron chi connectivity index (χ1n) is 9.17. The molecule has 0 unspecified atom stereocenters. The van der Waals surface area contributed by atoms with Crippen molar-refractivity contribution >= 4 is 34.4 Å². The second-order valence-corrected chi connectivity index (χ2v) is 7.81. The Kier molecular flexibility index (Phi) is 5.78. The van der Waals surface area contributed by atoms with E-state index >= 15 is 0 Å². The first kappa shape index (κ1) is 18.8. The molecule has 1 aliphatic heterocycles. The summed E-state index contributed by atoms with van der Waals surface area (Å²) in [6, 6.07) is 18.9. The fourth-order valence-corrected chi connectivity index (χ4v) is 4.25. The number of thiophene rings is 1. The molecule has 1 N–H and O–H groups in total. The predicted octanol–water partition coefficient (Wildman–Crippen LogP) is 5.16. The zero-order valence-corrected chi connectivity index (χ0v) is 16.8. The number of hydrogen-bond acceptors (Lipinski definition) is 3. The third-order valence-electron chi connectivity index (χ3n) is 4.74. The summed E-state index contributed by atoms with van der Waals surface area (Å²) in [4.78, 5) is 0. The summed E-state index contributed by atoms with van der Waals surface area (Å²) < 4.78 is 13.8. The smallest absolute Gasteiger partial charge is 0.190 e. The second-order valence-electron chi connectivity index (χ2n) is 6.65. The van der Waals surface area contributed by atoms with Crippen molar-refractivity contribution in [3.05, 3.63) is 93.9 Å². The third kappa shape index (κ3) is 4.29. The first-order chi connectivity index (χ1) is 13.7. The largest absolute Gasteiger partial charge is 0.361 e. The van der Waals surface area contributed by atoms with Crippen LogP contribution in [0.3, 0.4) is 0 Å². The third-order valence-corrected chi connectivity index (χ3v) is 5.75. The SMILES string of the molecule is Fc1cccc([C@H]2CC(c3ccsc3)=NN2C(=S)NCCc2ccccc2)c1. The van der Waals surface area contributed by atoms with Gasteiger partial charge in [0.15, 0.2) is 5.11 Å². The Morgan fingerprint density at radius 3 is 2.79 bits per heavy atom. The van der Waals surface area contributed by atoms with Crippen molar-refractivity contribution in [3.63, 3.8) is 0 Å². The van der Waals surface area contributed by atoms with E-state index in [1.807, 2.05) is 34.7 Å². The molecule has 6 heteroatoms. The fraction of sp³-hybridized carbons (Fsp3) is 0.182. The number of benzene rings is 2. The normalized spacial score (nSPS) is 16.1. The topological polar surface area (TPSA) is 27.6 Å². The van der Waals surface area contributed by atoms with E-state index in [9.17, 15) is 4.39 Å². The van der Waals surface area contributed by atoms with Gasteiger partial charge in [-0.15, -0.1) is 0 Å². The Hall–Kier alpha value is -2.57. The van der Waals surface area contributed by atoms with Gasteiger partial charge < -0.3 is 5.32 Å². The van der Waals surface area contributed by atoms with E-state index in [1.165, 1.54) is 11.6 Å². The van der Waals surface area contributed by atoms with Crippen LogP contribution in [0.4, 0.5) is 4.39 Å². The minimum atomic E-state index is -0.246. The van der Waals surface area contributed by atoms with E-state index in [0.717, 1.165) is 29.8 Å². The highest BCUT2D eigenvalue weighted by Gasteiger charge is 2.31. The van der Waals surface area contributed by atoms with Gasteiger partial charge in [-0.1, -0.05) is 42.5 Å². The molecule has 1 atom stereocenters. The number of nitrogens with zero attached hydrogens (tertiary/aromatic N) is 2. The molecule has 0 radical (unpaired) electrons. The average Bonchev–Trinajstić information content (AvgIpc) is 3.38. The maximum Gasteiger partial charge on any atom is 0.190 e. The molecule has 0 saturated heterocycles. The molecule has 142 valence electrons. The first-order valence-corrected chi connectivity index (χ1v) is 10.5. The molecular formula is C22H20FN3S2. The van der Waals surface area contributed by atoms with Gasteiger partial charge in [0, 0.05) is 18.5 Å². The van der Waals surface area contributed by atoms with Crippen LogP contribution in [0.25, 0.3) is 0 Å². The number of nitrogens with one attached hydrogen (secondary N) is 1. The van der Waals surface area contributed by atoms with Crippen molar-refractivity contribution in [1.29, 1.82) is 0 Å². The van der Waals surface area contributed by atoms with Crippen molar-refractivity contribution in [2.75, 3.05) is 6.54 Å². The highest BCUT2D eigenvalue weighted by molar-refractivity contribution is 7.80. The molecule has 2 heterocycles. The van der Waals surface area contributed by atoms with E-state index in [-0.39, 0.29) is 11.9 Å². The summed E-state index contributed by atoms with van der Waals surface area (Å²) in [5, 5.41) is 14.6. The fourth-order valence-electron chi connectivity index (χ4n) is 3.31. The molecule has 0 saturated carbocycles. The van der Waals surface area contributed by atoms with Gasteiger partial charge >= 0.3 is 0 Å². The number of thiocarbonyl (C=S) groups is 1. The molecule has 1 aromatic heterocycles. The molecule has 0 amide bonds. The van der Waals surface area contributed by atoms with Gasteiger partial charge in [-0.05, 0) is 58.7 Å². The van der Waals surface area contributed by atoms with Crippen molar-refractivity contribution in [2.24, 2.45) is 5.10 Å². The minimum absolute atomic E-state index is 0.109. The molecule has 3 aromatic rings. The quantitative estimate of drug-likeness (QED) is 0.590. The van der Waals surface area contributed by atoms with Crippen molar-refractivity contribution in [1.82, 2.24) is 10.3 Å². The number of rotatable bonds is 5. The highest BCUT2D eigenvalue weighted by atomic mass is 32.1. The van der Waals surface area contributed by atoms with Crippen molar-refractivity contribution in [2.45, 2.75) is 18.9 Å². The lowest BCUT2D eigenvalue weighted by atomic mass is 10.00. The Balaban J connectivity index is 1.50. The summed E-state index contributed by atoms with van der Waals surface area (Å²) in [6.45, 7) is 0.721. The number of hydrazone groups is 1. The Labute approximate surface area is 173 Å². The molecule has 0 spiro atoms. The van der Waals surface area contributed by atoms with E-state index in [4.69, 9.17) is 17.3 Å². The van der Waals surface area contributed by atoms with Crippen LogP contribution in [0.5, 0.6) is 0 Å². The Morgan fingerprint density at radius 2 is 2.04 bits per heavy atom. The van der Waals surface area contributed by atoms with Gasteiger partial charge in [-0.3, -0.25) is 0 Å². The maximum atomic E-state index is 13.8. The minimum Gasteiger partial charge on any atom is -0.361 e. The van der Waals surface area contributed by atoms with Gasteiger partial charge in [0.1, 0.15) is 5.82 Å². The number of hydrogen-bond donors (Lipinski definition) is 1. The average molecular weight is 410 g/mol. The molecule has 2 aromatic carbocycles. The van der Waals surface area contributed by atoms with Crippen LogP contribution >= 0.6 is 23.6 Å². The summed E-state index contributed by atoms with van der Waals surface area (Å²) in [7, 11) is 0. The summed E-state index contributed by atoms with van der Waals surface area (Å²) in [5.41, 5.74) is 4.20. The zero-order valence-electron chi connectivity index (χ0n) is 15.2. The zero-order chi connectivity index (χ0) is 19.3. The van der Waals surface area contributed by atoms with E-state index in [2.05, 4.69) is 28.9 Å². The van der Waals surface area contributed by atoms with E-state index in [1.54, 1.807) is 23.5 Å². The molecule has 4 rings (SSSR count). The summed E-state index contributed by atoms with van der Waals surface area (Å²) in [6.07, 6.45) is 1.57. The van der Waals surface area contributed by atoms with Crippen LogP contribution in [0, 0.1) is 5.82 Å². The lowest BCUT2D eigenvalue weighted by molar-refractivity contribution is 0.363. The molecule has 1 aliphatic rings. The lowest BCUT2D eigenvalue weighted by Crippen LogP contribution is -2.37. The van der Waals surface area contributed by atoms with Crippen LogP contribution in [0.1, 0.15) is 29.2 Å². The van der Waals surface area contributed by atoms with E-state index < -0.39 is 0 Å². The van der Waals surface area contributed by atoms with Crippen LogP contribution in [-0.2, 0) is 6.42 Å². The molecule has 3 nitrogen and oxygen atoms in total. The van der Waals surface area contributed by atoms with Crippen LogP contribution in [0.2, 0.25) is 0 Å². The molecule has 0 fully saturated rings. The van der Waals surface area contributed by atoms with Crippen LogP contribution in [0.15, 0.2) is 76.5 Å². The van der Waals surface area contributed by atoms with Gasteiger partial charge in [-0.25, -0.2) is 9.40 Å². The van der Waals surface area contributed by atoms with Gasteiger partial charge in [0.05, 0.1) is 11.8 Å². The maximum absolute atomic E-state index is 13.8.